The topological polar surface area (TPSA) is 58.2 Å². The summed E-state index contributed by atoms with van der Waals surface area (Å²) in [4.78, 5) is 0. The van der Waals surface area contributed by atoms with E-state index in [0.29, 0.717) is 18.5 Å². The molecule has 0 radical (unpaired) electrons. The van der Waals surface area contributed by atoms with Gasteiger partial charge in [-0.3, -0.25) is 0 Å². The first-order chi connectivity index (χ1) is 6.37. The monoisotopic (exact) mass is 238 g/mol. The Morgan fingerprint density at radius 3 is 2.50 bits per heavy atom. The molecule has 0 aliphatic heterocycles. The molecule has 4 nitrogen and oxygen atoms in total. The van der Waals surface area contributed by atoms with Crippen molar-refractivity contribution in [3.8, 4) is 0 Å². The second kappa shape index (κ2) is 4.83. The summed E-state index contributed by atoms with van der Waals surface area (Å²) < 4.78 is 24.1. The number of hydrogen-bond acceptors (Lipinski definition) is 4. The van der Waals surface area contributed by atoms with Gasteiger partial charge in [-0.15, -0.1) is 0 Å². The summed E-state index contributed by atoms with van der Waals surface area (Å²) >= 11 is 4.23. The third-order valence-electron chi connectivity index (χ3n) is 2.35. The molecule has 1 atom stereocenters. The van der Waals surface area contributed by atoms with Crippen molar-refractivity contribution in [1.29, 1.82) is 0 Å². The predicted molar refractivity (Wildman–Crippen MR) is 60.9 cm³/mol. The molecule has 0 aromatic rings. The molecule has 84 valence electrons. The Balaban J connectivity index is 2.10. The van der Waals surface area contributed by atoms with Crippen LogP contribution in [0.1, 0.15) is 19.8 Å². The minimum atomic E-state index is -3.02. The Morgan fingerprint density at radius 2 is 2.07 bits per heavy atom. The van der Waals surface area contributed by atoms with Gasteiger partial charge in [0.1, 0.15) is 0 Å². The zero-order valence-corrected chi connectivity index (χ0v) is 10.2. The Labute approximate surface area is 91.3 Å². The lowest BCUT2D eigenvalue weighted by atomic mass is 9.80. The highest BCUT2D eigenvalue weighted by atomic mass is 32.2. The molecule has 0 bridgehead atoms. The van der Waals surface area contributed by atoms with E-state index >= 15 is 0 Å². The molecule has 1 unspecified atom stereocenters. The van der Waals surface area contributed by atoms with Crippen LogP contribution in [0.3, 0.4) is 0 Å². The standard InChI is InChI=1S/C8H18N2O2S2/c1-6(13)10-8-3-7(4-8)5-9-14(2,11)12/h6-10,13H,3-5H2,1-2H3. The summed E-state index contributed by atoms with van der Waals surface area (Å²) in [6.45, 7) is 2.56. The molecule has 1 aliphatic carbocycles. The van der Waals surface area contributed by atoms with E-state index in [1.54, 1.807) is 0 Å². The van der Waals surface area contributed by atoms with Gasteiger partial charge in [0, 0.05) is 18.0 Å². The van der Waals surface area contributed by atoms with Crippen LogP contribution in [0.25, 0.3) is 0 Å². The van der Waals surface area contributed by atoms with Gasteiger partial charge in [-0.25, -0.2) is 13.1 Å². The van der Waals surface area contributed by atoms with Crippen molar-refractivity contribution in [3.05, 3.63) is 0 Å². The van der Waals surface area contributed by atoms with Crippen LogP contribution < -0.4 is 10.0 Å². The van der Waals surface area contributed by atoms with Gasteiger partial charge >= 0.3 is 0 Å². The van der Waals surface area contributed by atoms with Crippen LogP contribution in [0.4, 0.5) is 0 Å². The zero-order valence-electron chi connectivity index (χ0n) is 8.53. The number of rotatable bonds is 5. The Morgan fingerprint density at radius 1 is 1.50 bits per heavy atom. The molecule has 14 heavy (non-hydrogen) atoms. The lowest BCUT2D eigenvalue weighted by molar-refractivity contribution is 0.224. The maximum Gasteiger partial charge on any atom is 0.208 e. The van der Waals surface area contributed by atoms with Crippen molar-refractivity contribution in [2.45, 2.75) is 31.2 Å². The number of thiol groups is 1. The minimum Gasteiger partial charge on any atom is -0.303 e. The third kappa shape index (κ3) is 4.63. The van der Waals surface area contributed by atoms with Crippen molar-refractivity contribution >= 4 is 22.7 Å². The molecular formula is C8H18N2O2S2. The first-order valence-electron chi connectivity index (χ1n) is 4.75. The van der Waals surface area contributed by atoms with Gasteiger partial charge in [-0.1, -0.05) is 0 Å². The molecule has 1 fully saturated rings. The van der Waals surface area contributed by atoms with E-state index in [4.69, 9.17) is 0 Å². The van der Waals surface area contributed by atoms with Gasteiger partial charge in [-0.2, -0.15) is 12.6 Å². The smallest absolute Gasteiger partial charge is 0.208 e. The van der Waals surface area contributed by atoms with E-state index < -0.39 is 10.0 Å². The summed E-state index contributed by atoms with van der Waals surface area (Å²) in [5.74, 6) is 0.481. The predicted octanol–water partition coefficient (Wildman–Crippen LogP) is 0.180. The van der Waals surface area contributed by atoms with Crippen LogP contribution in [-0.4, -0.2) is 32.6 Å². The summed E-state index contributed by atoms with van der Waals surface area (Å²) in [7, 11) is -3.02. The molecule has 0 amide bonds. The van der Waals surface area contributed by atoms with E-state index in [1.165, 1.54) is 6.26 Å². The second-order valence-electron chi connectivity index (χ2n) is 4.00. The molecule has 0 aromatic heterocycles. The van der Waals surface area contributed by atoms with Crippen LogP contribution in [0.2, 0.25) is 0 Å². The largest absolute Gasteiger partial charge is 0.303 e. The molecule has 0 spiro atoms. The first-order valence-corrected chi connectivity index (χ1v) is 7.16. The van der Waals surface area contributed by atoms with Crippen LogP contribution >= 0.6 is 12.6 Å². The molecule has 1 aliphatic rings. The SMILES string of the molecule is CC(S)NC1CC(CNS(C)(=O)=O)C1. The average Bonchev–Trinajstić information content (AvgIpc) is 1.90. The molecule has 0 heterocycles. The van der Waals surface area contributed by atoms with E-state index in [2.05, 4.69) is 22.7 Å². The van der Waals surface area contributed by atoms with Gasteiger partial charge in [0.05, 0.1) is 6.26 Å². The van der Waals surface area contributed by atoms with Gasteiger partial charge in [-0.05, 0) is 25.7 Å². The van der Waals surface area contributed by atoms with Crippen LogP contribution in [0.5, 0.6) is 0 Å². The van der Waals surface area contributed by atoms with Crippen LogP contribution in [0.15, 0.2) is 0 Å². The van der Waals surface area contributed by atoms with Gasteiger partial charge in [0.2, 0.25) is 10.0 Å². The second-order valence-corrected chi connectivity index (χ2v) is 6.61. The highest BCUT2D eigenvalue weighted by molar-refractivity contribution is 7.88. The first kappa shape index (κ1) is 12.3. The van der Waals surface area contributed by atoms with Gasteiger partial charge in [0.15, 0.2) is 0 Å². The quantitative estimate of drug-likeness (QED) is 0.473. The van der Waals surface area contributed by atoms with Crippen LogP contribution in [-0.2, 0) is 10.0 Å². The fourth-order valence-electron chi connectivity index (χ4n) is 1.65. The number of sulfonamides is 1. The maximum absolute atomic E-state index is 10.8. The molecule has 6 heteroatoms. The maximum atomic E-state index is 10.8. The molecule has 0 saturated heterocycles. The molecule has 2 N–H and O–H groups in total. The minimum absolute atomic E-state index is 0.212. The van der Waals surface area contributed by atoms with E-state index in [9.17, 15) is 8.42 Å². The highest BCUT2D eigenvalue weighted by Gasteiger charge is 2.29. The molecule has 0 aromatic carbocycles. The summed E-state index contributed by atoms with van der Waals surface area (Å²) in [5, 5.41) is 3.51. The fraction of sp³-hybridized carbons (Fsp3) is 1.00. The van der Waals surface area contributed by atoms with Crippen molar-refractivity contribution in [1.82, 2.24) is 10.0 Å². The Hall–Kier alpha value is 0.220. The third-order valence-corrected chi connectivity index (χ3v) is 3.19. The highest BCUT2D eigenvalue weighted by Crippen LogP contribution is 2.27. The van der Waals surface area contributed by atoms with Crippen molar-refractivity contribution in [2.75, 3.05) is 12.8 Å². The molecule has 1 rings (SSSR count). The summed E-state index contributed by atoms with van der Waals surface area (Å²) in [6, 6.07) is 0.508. The van der Waals surface area contributed by atoms with E-state index in [1.807, 2.05) is 6.92 Å². The van der Waals surface area contributed by atoms with E-state index in [0.717, 1.165) is 12.8 Å². The summed E-state index contributed by atoms with van der Waals surface area (Å²) in [5.41, 5.74) is 0. The van der Waals surface area contributed by atoms with Crippen LogP contribution in [0, 0.1) is 5.92 Å². The van der Waals surface area contributed by atoms with E-state index in [-0.39, 0.29) is 5.37 Å². The lowest BCUT2D eigenvalue weighted by Crippen LogP contribution is -2.47. The lowest BCUT2D eigenvalue weighted by Gasteiger charge is -2.37. The number of nitrogens with one attached hydrogen (secondary N) is 2. The Kier molecular flexibility index (Phi) is 4.24. The number of hydrogen-bond donors (Lipinski definition) is 3. The normalized spacial score (nSPS) is 29.6. The average molecular weight is 238 g/mol. The summed E-state index contributed by atoms with van der Waals surface area (Å²) in [6.07, 6.45) is 3.26. The van der Waals surface area contributed by atoms with Crippen molar-refractivity contribution < 1.29 is 8.42 Å². The molecular weight excluding hydrogens is 220 g/mol. The molecule has 1 saturated carbocycles. The van der Waals surface area contributed by atoms with Gasteiger partial charge in [0.25, 0.3) is 0 Å². The van der Waals surface area contributed by atoms with Crippen molar-refractivity contribution in [3.63, 3.8) is 0 Å². The zero-order chi connectivity index (χ0) is 10.8. The van der Waals surface area contributed by atoms with Gasteiger partial charge < -0.3 is 5.32 Å². The fourth-order valence-corrected chi connectivity index (χ4v) is 2.40. The Bertz CT molecular complexity index is 271. The van der Waals surface area contributed by atoms with Crippen molar-refractivity contribution in [2.24, 2.45) is 5.92 Å².